The molecule has 3 rings (SSSR count). The molecule has 29 heavy (non-hydrogen) atoms. The van der Waals surface area contributed by atoms with Crippen LogP contribution in [0.2, 0.25) is 5.02 Å². The van der Waals surface area contributed by atoms with Crippen molar-refractivity contribution in [3.05, 3.63) is 94.8 Å². The number of ether oxygens (including phenoxy) is 2. The number of nitrogens with zero attached hydrogens (tertiary/aromatic N) is 1. The molecule has 0 heterocycles. The van der Waals surface area contributed by atoms with Crippen LogP contribution in [0.3, 0.4) is 0 Å². The van der Waals surface area contributed by atoms with Crippen molar-refractivity contribution in [2.75, 3.05) is 6.61 Å². The molecule has 0 aliphatic carbocycles. The maximum absolute atomic E-state index is 12.8. The second-order valence-electron chi connectivity index (χ2n) is 6.02. The van der Waals surface area contributed by atoms with Gasteiger partial charge in [0.2, 0.25) is 0 Å². The largest absolute Gasteiger partial charge is 0.489 e. The Balaban J connectivity index is 1.46. The van der Waals surface area contributed by atoms with Gasteiger partial charge in [-0.05, 0) is 59.7 Å². The first-order valence-electron chi connectivity index (χ1n) is 8.76. The van der Waals surface area contributed by atoms with E-state index in [9.17, 15) is 9.18 Å². The molecular weight excluding hydrogens is 395 g/mol. The molecule has 0 saturated heterocycles. The molecule has 148 valence electrons. The van der Waals surface area contributed by atoms with Crippen LogP contribution in [0.4, 0.5) is 4.39 Å². The summed E-state index contributed by atoms with van der Waals surface area (Å²) in [6.07, 6.45) is 1.50. The highest BCUT2D eigenvalue weighted by atomic mass is 35.5. The minimum atomic E-state index is -0.430. The summed E-state index contributed by atoms with van der Waals surface area (Å²) >= 11 is 5.87. The number of rotatable bonds is 8. The quantitative estimate of drug-likeness (QED) is 0.435. The molecule has 3 aromatic carbocycles. The molecule has 7 heteroatoms. The number of carbonyl (C=O) groups excluding carboxylic acids is 1. The van der Waals surface area contributed by atoms with Gasteiger partial charge in [0.05, 0.1) is 6.21 Å². The van der Waals surface area contributed by atoms with E-state index in [0.29, 0.717) is 23.1 Å². The lowest BCUT2D eigenvalue weighted by molar-refractivity contribution is -0.123. The van der Waals surface area contributed by atoms with E-state index in [1.807, 2.05) is 42.5 Å². The lowest BCUT2D eigenvalue weighted by atomic mass is 10.2. The molecule has 0 aromatic heterocycles. The summed E-state index contributed by atoms with van der Waals surface area (Å²) in [5.74, 6) is 0.275. The number of carbonyl (C=O) groups is 1. The van der Waals surface area contributed by atoms with Crippen LogP contribution in [0.5, 0.6) is 11.5 Å². The fraction of sp³-hybridized carbons (Fsp3) is 0.0909. The molecule has 0 atom stereocenters. The molecular formula is C22H18ClFN2O3. The van der Waals surface area contributed by atoms with E-state index in [4.69, 9.17) is 21.1 Å². The average Bonchev–Trinajstić information content (AvgIpc) is 2.73. The zero-order chi connectivity index (χ0) is 20.5. The number of hydrogen-bond acceptors (Lipinski definition) is 4. The molecule has 1 amide bonds. The molecule has 1 N–H and O–H groups in total. The zero-order valence-electron chi connectivity index (χ0n) is 15.3. The maximum atomic E-state index is 12.8. The highest BCUT2D eigenvalue weighted by Gasteiger charge is 2.02. The van der Waals surface area contributed by atoms with Gasteiger partial charge >= 0.3 is 0 Å². The third-order valence-electron chi connectivity index (χ3n) is 3.76. The molecule has 0 saturated carbocycles. The summed E-state index contributed by atoms with van der Waals surface area (Å²) in [7, 11) is 0. The Hall–Kier alpha value is -3.38. The summed E-state index contributed by atoms with van der Waals surface area (Å²) in [6.45, 7) is 0.183. The van der Waals surface area contributed by atoms with Crippen LogP contribution in [-0.4, -0.2) is 18.7 Å². The normalized spacial score (nSPS) is 10.7. The lowest BCUT2D eigenvalue weighted by Crippen LogP contribution is -2.24. The Morgan fingerprint density at radius 3 is 2.52 bits per heavy atom. The molecule has 0 unspecified atom stereocenters. The van der Waals surface area contributed by atoms with Gasteiger partial charge < -0.3 is 9.47 Å². The first-order chi connectivity index (χ1) is 14.1. The topological polar surface area (TPSA) is 59.9 Å². The van der Waals surface area contributed by atoms with Crippen LogP contribution in [0.15, 0.2) is 77.9 Å². The molecule has 5 nitrogen and oxygen atoms in total. The monoisotopic (exact) mass is 412 g/mol. The highest BCUT2D eigenvalue weighted by Crippen LogP contribution is 2.16. The summed E-state index contributed by atoms with van der Waals surface area (Å²) in [6, 6.07) is 20.1. The van der Waals surface area contributed by atoms with Crippen LogP contribution >= 0.6 is 11.6 Å². The van der Waals surface area contributed by atoms with Crippen molar-refractivity contribution in [1.82, 2.24) is 5.43 Å². The van der Waals surface area contributed by atoms with Gasteiger partial charge in [0.1, 0.15) is 23.9 Å². The van der Waals surface area contributed by atoms with Gasteiger partial charge in [0.15, 0.2) is 6.61 Å². The van der Waals surface area contributed by atoms with Crippen molar-refractivity contribution in [2.24, 2.45) is 5.10 Å². The van der Waals surface area contributed by atoms with Crippen LogP contribution in [0.25, 0.3) is 0 Å². The maximum Gasteiger partial charge on any atom is 0.277 e. The zero-order valence-corrected chi connectivity index (χ0v) is 16.1. The molecule has 0 spiro atoms. The smallest absolute Gasteiger partial charge is 0.277 e. The van der Waals surface area contributed by atoms with Crippen LogP contribution < -0.4 is 14.9 Å². The number of amides is 1. The van der Waals surface area contributed by atoms with Gasteiger partial charge in [-0.1, -0.05) is 35.9 Å². The van der Waals surface area contributed by atoms with Gasteiger partial charge in [-0.15, -0.1) is 0 Å². The van der Waals surface area contributed by atoms with Crippen LogP contribution in [0.1, 0.15) is 11.1 Å². The van der Waals surface area contributed by atoms with Crippen LogP contribution in [-0.2, 0) is 11.4 Å². The van der Waals surface area contributed by atoms with Gasteiger partial charge in [0, 0.05) is 5.02 Å². The van der Waals surface area contributed by atoms with E-state index in [0.717, 1.165) is 11.1 Å². The van der Waals surface area contributed by atoms with Crippen LogP contribution in [0, 0.1) is 5.82 Å². The minimum Gasteiger partial charge on any atom is -0.489 e. The predicted octanol–water partition coefficient (Wildman–Crippen LogP) is 4.59. The van der Waals surface area contributed by atoms with Gasteiger partial charge in [-0.25, -0.2) is 9.82 Å². The Kier molecular flexibility index (Phi) is 7.19. The lowest BCUT2D eigenvalue weighted by Gasteiger charge is -2.07. The number of benzene rings is 3. The van der Waals surface area contributed by atoms with Crippen molar-refractivity contribution >= 4 is 23.7 Å². The molecule has 0 fully saturated rings. The fourth-order valence-corrected chi connectivity index (χ4v) is 2.45. The summed E-state index contributed by atoms with van der Waals surface area (Å²) in [5, 5.41) is 4.58. The Labute approximate surface area is 172 Å². The van der Waals surface area contributed by atoms with Gasteiger partial charge in [0.25, 0.3) is 5.91 Å². The SMILES string of the molecule is O=C(COc1ccc(F)cc1)NN=Cc1cccc(OCc2ccc(Cl)cc2)c1. The first kappa shape index (κ1) is 20.4. The molecule has 3 aromatic rings. The molecule has 0 aliphatic heterocycles. The number of hydrogen-bond donors (Lipinski definition) is 1. The summed E-state index contributed by atoms with van der Waals surface area (Å²) < 4.78 is 23.8. The summed E-state index contributed by atoms with van der Waals surface area (Å²) in [5.41, 5.74) is 4.14. The van der Waals surface area contributed by atoms with Crippen molar-refractivity contribution in [2.45, 2.75) is 6.61 Å². The molecule has 0 bridgehead atoms. The van der Waals surface area contributed by atoms with Crippen molar-refractivity contribution in [3.8, 4) is 11.5 Å². The number of nitrogens with one attached hydrogen (secondary N) is 1. The van der Waals surface area contributed by atoms with Crippen molar-refractivity contribution in [3.63, 3.8) is 0 Å². The Morgan fingerprint density at radius 2 is 1.76 bits per heavy atom. The van der Waals surface area contributed by atoms with Crippen molar-refractivity contribution in [1.29, 1.82) is 0 Å². The Morgan fingerprint density at radius 1 is 1.00 bits per heavy atom. The summed E-state index contributed by atoms with van der Waals surface area (Å²) in [4.78, 5) is 11.8. The number of hydrazone groups is 1. The predicted molar refractivity (Wildman–Crippen MR) is 110 cm³/mol. The third kappa shape index (κ3) is 6.93. The molecule has 0 radical (unpaired) electrons. The van der Waals surface area contributed by atoms with E-state index >= 15 is 0 Å². The Bertz CT molecular complexity index is 976. The van der Waals surface area contributed by atoms with Gasteiger partial charge in [-0.2, -0.15) is 5.10 Å². The number of halogens is 2. The minimum absolute atomic E-state index is 0.229. The average molecular weight is 413 g/mol. The fourth-order valence-electron chi connectivity index (χ4n) is 2.32. The van der Waals surface area contributed by atoms with E-state index in [1.54, 1.807) is 6.07 Å². The van der Waals surface area contributed by atoms with E-state index in [-0.39, 0.29) is 12.4 Å². The van der Waals surface area contributed by atoms with Gasteiger partial charge in [-0.3, -0.25) is 4.79 Å². The second-order valence-corrected chi connectivity index (χ2v) is 6.46. The molecule has 0 aliphatic rings. The highest BCUT2D eigenvalue weighted by molar-refractivity contribution is 6.30. The first-order valence-corrected chi connectivity index (χ1v) is 9.14. The van der Waals surface area contributed by atoms with E-state index in [2.05, 4.69) is 10.5 Å². The third-order valence-corrected chi connectivity index (χ3v) is 4.02. The van der Waals surface area contributed by atoms with E-state index < -0.39 is 5.91 Å². The van der Waals surface area contributed by atoms with Crippen molar-refractivity contribution < 1.29 is 18.7 Å². The standard InChI is InChI=1S/C22H18ClFN2O3/c23-18-6-4-16(5-7-18)14-28-21-3-1-2-17(12-21)13-25-26-22(27)15-29-20-10-8-19(24)9-11-20/h1-13H,14-15H2,(H,26,27). The second kappa shape index (κ2) is 10.2. The van der Waals surface area contributed by atoms with E-state index in [1.165, 1.54) is 30.5 Å².